The largest absolute Gasteiger partial charge is 0.480 e. The van der Waals surface area contributed by atoms with Gasteiger partial charge in [0, 0.05) is 5.69 Å². The molecule has 0 fully saturated rings. The van der Waals surface area contributed by atoms with E-state index in [9.17, 15) is 9.59 Å². The van der Waals surface area contributed by atoms with Crippen LogP contribution in [0.15, 0.2) is 6.07 Å². The Labute approximate surface area is 112 Å². The summed E-state index contributed by atoms with van der Waals surface area (Å²) in [4.78, 5) is 26.8. The topological polar surface area (TPSA) is 105 Å². The second kappa shape index (κ2) is 5.69. The molecule has 104 valence electrons. The minimum absolute atomic E-state index is 0.152. The van der Waals surface area contributed by atoms with Crippen LogP contribution in [0, 0.1) is 19.8 Å². The molecule has 1 aromatic heterocycles. The molecule has 6 nitrogen and oxygen atoms in total. The molecule has 0 aromatic carbocycles. The lowest BCUT2D eigenvalue weighted by atomic mass is 10.0. The van der Waals surface area contributed by atoms with E-state index in [0.717, 1.165) is 0 Å². The third-order valence-corrected chi connectivity index (χ3v) is 2.82. The third kappa shape index (κ3) is 3.43. The Bertz CT molecular complexity index is 512. The highest BCUT2D eigenvalue weighted by Crippen LogP contribution is 2.20. The number of nitrogens with zero attached hydrogens (tertiary/aromatic N) is 1. The first-order chi connectivity index (χ1) is 8.73. The van der Waals surface area contributed by atoms with Crippen molar-refractivity contribution in [2.75, 3.05) is 5.32 Å². The minimum atomic E-state index is -0.994. The number of rotatable bonds is 5. The van der Waals surface area contributed by atoms with Crippen LogP contribution in [0.3, 0.4) is 0 Å². The maximum absolute atomic E-state index is 11.5. The number of aryl methyl sites for hydroxylation is 2. The van der Waals surface area contributed by atoms with Gasteiger partial charge in [-0.25, -0.2) is 9.78 Å². The second-order valence-corrected chi connectivity index (χ2v) is 4.87. The van der Waals surface area contributed by atoms with E-state index in [2.05, 4.69) is 10.3 Å². The van der Waals surface area contributed by atoms with Gasteiger partial charge < -0.3 is 16.2 Å². The number of amides is 1. The van der Waals surface area contributed by atoms with Crippen LogP contribution < -0.4 is 11.1 Å². The quantitative estimate of drug-likeness (QED) is 0.744. The molecule has 19 heavy (non-hydrogen) atoms. The molecule has 0 bridgehead atoms. The van der Waals surface area contributed by atoms with Crippen molar-refractivity contribution >= 4 is 17.7 Å². The molecular weight excluding hydrogens is 246 g/mol. The SMILES string of the molecule is Cc1cc(C)c(C(N)=O)c(NC(C(=O)O)C(C)C)n1. The summed E-state index contributed by atoms with van der Waals surface area (Å²) in [6.07, 6.45) is 0. The molecule has 0 aliphatic heterocycles. The van der Waals surface area contributed by atoms with Gasteiger partial charge in [0.2, 0.25) is 0 Å². The van der Waals surface area contributed by atoms with E-state index in [1.54, 1.807) is 33.8 Å². The fourth-order valence-corrected chi connectivity index (χ4v) is 1.91. The van der Waals surface area contributed by atoms with Crippen molar-refractivity contribution in [2.45, 2.75) is 33.7 Å². The molecule has 0 radical (unpaired) electrons. The van der Waals surface area contributed by atoms with Gasteiger partial charge >= 0.3 is 5.97 Å². The Morgan fingerprint density at radius 2 is 1.95 bits per heavy atom. The smallest absolute Gasteiger partial charge is 0.326 e. The predicted octanol–water partition coefficient (Wildman–Crippen LogP) is 1.32. The molecule has 1 unspecified atom stereocenters. The average Bonchev–Trinajstić information content (AvgIpc) is 2.23. The molecule has 1 heterocycles. The number of carboxylic acids is 1. The molecule has 0 saturated heterocycles. The van der Waals surface area contributed by atoms with Crippen molar-refractivity contribution < 1.29 is 14.7 Å². The van der Waals surface area contributed by atoms with E-state index in [1.807, 2.05) is 0 Å². The van der Waals surface area contributed by atoms with Crippen molar-refractivity contribution in [1.82, 2.24) is 4.98 Å². The van der Waals surface area contributed by atoms with Gasteiger partial charge in [0.25, 0.3) is 5.91 Å². The number of carbonyl (C=O) groups excluding carboxylic acids is 1. The molecule has 1 rings (SSSR count). The summed E-state index contributed by atoms with van der Waals surface area (Å²) >= 11 is 0. The highest BCUT2D eigenvalue weighted by Gasteiger charge is 2.24. The van der Waals surface area contributed by atoms with Crippen LogP contribution in [-0.2, 0) is 4.79 Å². The monoisotopic (exact) mass is 265 g/mol. The zero-order chi connectivity index (χ0) is 14.7. The van der Waals surface area contributed by atoms with Crippen molar-refractivity contribution in [3.05, 3.63) is 22.9 Å². The van der Waals surface area contributed by atoms with Crippen molar-refractivity contribution in [3.63, 3.8) is 0 Å². The number of hydrogen-bond acceptors (Lipinski definition) is 4. The van der Waals surface area contributed by atoms with Crippen LogP contribution in [0.2, 0.25) is 0 Å². The van der Waals surface area contributed by atoms with E-state index in [4.69, 9.17) is 10.8 Å². The van der Waals surface area contributed by atoms with Crippen LogP contribution in [-0.4, -0.2) is 28.0 Å². The number of primary amides is 1. The van der Waals surface area contributed by atoms with Crippen molar-refractivity contribution in [1.29, 1.82) is 0 Å². The van der Waals surface area contributed by atoms with Crippen LogP contribution in [0.5, 0.6) is 0 Å². The van der Waals surface area contributed by atoms with Gasteiger partial charge in [-0.15, -0.1) is 0 Å². The van der Waals surface area contributed by atoms with Gasteiger partial charge in [0.05, 0.1) is 5.56 Å². The first kappa shape index (κ1) is 14.9. The minimum Gasteiger partial charge on any atom is -0.480 e. The maximum atomic E-state index is 11.5. The first-order valence-corrected chi connectivity index (χ1v) is 6.01. The summed E-state index contributed by atoms with van der Waals surface area (Å²) in [6.45, 7) is 7.07. The Kier molecular flexibility index (Phi) is 4.47. The zero-order valence-electron chi connectivity index (χ0n) is 11.5. The molecule has 0 saturated carbocycles. The van der Waals surface area contributed by atoms with Crippen LogP contribution >= 0.6 is 0 Å². The van der Waals surface area contributed by atoms with E-state index in [1.165, 1.54) is 0 Å². The summed E-state index contributed by atoms with van der Waals surface area (Å²) in [5.74, 6) is -1.54. The Hall–Kier alpha value is -2.11. The number of carboxylic acid groups (broad SMARTS) is 1. The lowest BCUT2D eigenvalue weighted by Crippen LogP contribution is -2.35. The van der Waals surface area contributed by atoms with Gasteiger partial charge in [-0.3, -0.25) is 4.79 Å². The Morgan fingerprint density at radius 1 is 1.37 bits per heavy atom. The Morgan fingerprint density at radius 3 is 2.37 bits per heavy atom. The molecule has 0 aliphatic carbocycles. The van der Waals surface area contributed by atoms with Crippen LogP contribution in [0.4, 0.5) is 5.82 Å². The average molecular weight is 265 g/mol. The summed E-state index contributed by atoms with van der Waals surface area (Å²) in [5.41, 5.74) is 6.93. The zero-order valence-corrected chi connectivity index (χ0v) is 11.5. The molecule has 0 spiro atoms. The summed E-state index contributed by atoms with van der Waals surface area (Å²) in [7, 11) is 0. The lowest BCUT2D eigenvalue weighted by molar-refractivity contribution is -0.138. The Balaban J connectivity index is 3.26. The lowest BCUT2D eigenvalue weighted by Gasteiger charge is -2.20. The van der Waals surface area contributed by atoms with E-state index >= 15 is 0 Å². The first-order valence-electron chi connectivity index (χ1n) is 6.01. The summed E-state index contributed by atoms with van der Waals surface area (Å²) < 4.78 is 0. The van der Waals surface area contributed by atoms with E-state index in [0.29, 0.717) is 11.3 Å². The number of anilines is 1. The van der Waals surface area contributed by atoms with E-state index in [-0.39, 0.29) is 17.3 Å². The number of pyridine rings is 1. The van der Waals surface area contributed by atoms with Gasteiger partial charge in [0.1, 0.15) is 11.9 Å². The van der Waals surface area contributed by atoms with Gasteiger partial charge in [-0.2, -0.15) is 0 Å². The number of carbonyl (C=O) groups is 2. The third-order valence-electron chi connectivity index (χ3n) is 2.82. The molecule has 6 heteroatoms. The van der Waals surface area contributed by atoms with Gasteiger partial charge in [-0.1, -0.05) is 13.8 Å². The highest BCUT2D eigenvalue weighted by molar-refractivity contribution is 5.99. The molecule has 1 aromatic rings. The normalized spacial score (nSPS) is 12.3. The van der Waals surface area contributed by atoms with E-state index < -0.39 is 17.9 Å². The second-order valence-electron chi connectivity index (χ2n) is 4.87. The summed E-state index contributed by atoms with van der Waals surface area (Å²) in [6, 6.07) is 0.906. The van der Waals surface area contributed by atoms with Crippen LogP contribution in [0.25, 0.3) is 0 Å². The fraction of sp³-hybridized carbons (Fsp3) is 0.462. The summed E-state index contributed by atoms with van der Waals surface area (Å²) in [5, 5.41) is 12.0. The molecule has 1 amide bonds. The van der Waals surface area contributed by atoms with Gasteiger partial charge in [-0.05, 0) is 31.4 Å². The predicted molar refractivity (Wildman–Crippen MR) is 72.1 cm³/mol. The van der Waals surface area contributed by atoms with Crippen LogP contribution in [0.1, 0.15) is 35.5 Å². The molecule has 0 aliphatic rings. The molecule has 1 atom stereocenters. The molecule has 4 N–H and O–H groups in total. The number of nitrogens with two attached hydrogens (primary N) is 1. The number of aromatic nitrogens is 1. The highest BCUT2D eigenvalue weighted by atomic mass is 16.4. The molecular formula is C13H19N3O3. The number of nitrogens with one attached hydrogen (secondary N) is 1. The fourth-order valence-electron chi connectivity index (χ4n) is 1.91. The number of hydrogen-bond donors (Lipinski definition) is 3. The van der Waals surface area contributed by atoms with Crippen molar-refractivity contribution in [3.8, 4) is 0 Å². The van der Waals surface area contributed by atoms with Crippen molar-refractivity contribution in [2.24, 2.45) is 11.7 Å². The van der Waals surface area contributed by atoms with Gasteiger partial charge in [0.15, 0.2) is 0 Å². The number of aliphatic carboxylic acids is 1. The standard InChI is InChI=1S/C13H19N3O3/c1-6(2)10(13(18)19)16-12-9(11(14)17)7(3)5-8(4)15-12/h5-6,10H,1-4H3,(H2,14,17)(H,15,16)(H,18,19). The maximum Gasteiger partial charge on any atom is 0.326 e.